The fourth-order valence-corrected chi connectivity index (χ4v) is 2.39. The van der Waals surface area contributed by atoms with Gasteiger partial charge < -0.3 is 19.5 Å². The Morgan fingerprint density at radius 3 is 2.67 bits per heavy atom. The average molecular weight is 344 g/mol. The maximum Gasteiger partial charge on any atom is 0.257 e. The van der Waals surface area contributed by atoms with Crippen LogP contribution in [0.25, 0.3) is 0 Å². The van der Waals surface area contributed by atoms with Crippen molar-refractivity contribution in [3.8, 4) is 17.2 Å². The van der Waals surface area contributed by atoms with Crippen molar-refractivity contribution in [1.82, 2.24) is 5.32 Å². The van der Waals surface area contributed by atoms with Gasteiger partial charge in [-0.25, -0.2) is 0 Å². The van der Waals surface area contributed by atoms with Gasteiger partial charge in [0.05, 0.1) is 6.61 Å². The molecule has 1 amide bonds. The van der Waals surface area contributed by atoms with Gasteiger partial charge in [-0.2, -0.15) is 0 Å². The van der Waals surface area contributed by atoms with Crippen LogP contribution in [-0.4, -0.2) is 24.4 Å². The fraction of sp³-hybridized carbons (Fsp3) is 0.176. The number of hydrogen-bond acceptors (Lipinski definition) is 5. The lowest BCUT2D eigenvalue weighted by Crippen LogP contribution is -2.34. The van der Waals surface area contributed by atoms with Crippen molar-refractivity contribution in [2.45, 2.75) is 6.92 Å². The summed E-state index contributed by atoms with van der Waals surface area (Å²) in [4.78, 5) is 12.2. The normalized spacial score (nSPS) is 11.7. The molecule has 0 unspecified atom stereocenters. The van der Waals surface area contributed by atoms with E-state index in [1.807, 2.05) is 31.2 Å². The van der Waals surface area contributed by atoms with E-state index < -0.39 is 0 Å². The van der Waals surface area contributed by atoms with Crippen molar-refractivity contribution in [2.75, 3.05) is 18.7 Å². The van der Waals surface area contributed by atoms with Crippen molar-refractivity contribution < 1.29 is 19.0 Å². The monoisotopic (exact) mass is 344 g/mol. The first-order valence-corrected chi connectivity index (χ1v) is 7.81. The molecule has 0 saturated carbocycles. The van der Waals surface area contributed by atoms with Gasteiger partial charge in [-0.1, -0.05) is 0 Å². The predicted molar refractivity (Wildman–Crippen MR) is 93.9 cm³/mol. The molecule has 2 aromatic carbocycles. The smallest absolute Gasteiger partial charge is 0.257 e. The van der Waals surface area contributed by atoms with E-state index in [1.165, 1.54) is 0 Å². The van der Waals surface area contributed by atoms with Crippen LogP contribution >= 0.6 is 12.2 Å². The Balaban J connectivity index is 1.59. The Morgan fingerprint density at radius 1 is 1.17 bits per heavy atom. The Morgan fingerprint density at radius 2 is 1.92 bits per heavy atom. The second-order valence-electron chi connectivity index (χ2n) is 4.93. The van der Waals surface area contributed by atoms with Gasteiger partial charge in [0.25, 0.3) is 5.91 Å². The molecule has 24 heavy (non-hydrogen) atoms. The Kier molecular flexibility index (Phi) is 4.81. The molecule has 0 bridgehead atoms. The minimum absolute atomic E-state index is 0.165. The highest BCUT2D eigenvalue weighted by Gasteiger charge is 2.16. The predicted octanol–water partition coefficient (Wildman–Crippen LogP) is 2.94. The summed E-state index contributed by atoms with van der Waals surface area (Å²) >= 11 is 5.17. The summed E-state index contributed by atoms with van der Waals surface area (Å²) in [6.07, 6.45) is 0. The number of rotatable bonds is 4. The summed E-state index contributed by atoms with van der Waals surface area (Å²) in [5.41, 5.74) is 1.20. The molecule has 0 saturated heterocycles. The van der Waals surface area contributed by atoms with Crippen molar-refractivity contribution >= 4 is 28.9 Å². The molecular formula is C17H16N2O4S. The quantitative estimate of drug-likeness (QED) is 0.831. The molecule has 124 valence electrons. The summed E-state index contributed by atoms with van der Waals surface area (Å²) < 4.78 is 15.8. The highest BCUT2D eigenvalue weighted by molar-refractivity contribution is 7.80. The Bertz CT molecular complexity index is 762. The van der Waals surface area contributed by atoms with Crippen LogP contribution < -0.4 is 24.8 Å². The topological polar surface area (TPSA) is 68.8 Å². The molecule has 6 nitrogen and oxygen atoms in total. The molecule has 0 aliphatic carbocycles. The van der Waals surface area contributed by atoms with Gasteiger partial charge in [-0.3, -0.25) is 10.1 Å². The molecule has 0 aromatic heterocycles. The SMILES string of the molecule is CCOc1ccc(NC(=S)NC(=O)c2ccc3c(c2)OCO3)cc1. The number of hydrogen-bond donors (Lipinski definition) is 2. The number of thiocarbonyl (C=S) groups is 1. The third-order valence-corrected chi connectivity index (χ3v) is 3.49. The van der Waals surface area contributed by atoms with Gasteiger partial charge in [0.15, 0.2) is 16.6 Å². The zero-order valence-corrected chi connectivity index (χ0v) is 13.8. The largest absolute Gasteiger partial charge is 0.494 e. The van der Waals surface area contributed by atoms with E-state index in [4.69, 9.17) is 26.4 Å². The summed E-state index contributed by atoms with van der Waals surface area (Å²) in [5, 5.41) is 5.79. The minimum atomic E-state index is -0.322. The fourth-order valence-electron chi connectivity index (χ4n) is 2.18. The van der Waals surface area contributed by atoms with Gasteiger partial charge >= 0.3 is 0 Å². The number of amides is 1. The number of nitrogens with one attached hydrogen (secondary N) is 2. The first kappa shape index (κ1) is 16.1. The molecule has 0 fully saturated rings. The lowest BCUT2D eigenvalue weighted by molar-refractivity contribution is 0.0977. The molecule has 1 aliphatic heterocycles. The highest BCUT2D eigenvalue weighted by Crippen LogP contribution is 2.32. The third-order valence-electron chi connectivity index (χ3n) is 3.29. The number of ether oxygens (including phenoxy) is 3. The van der Waals surface area contributed by atoms with Crippen molar-refractivity contribution in [1.29, 1.82) is 0 Å². The van der Waals surface area contributed by atoms with Crippen LogP contribution in [0.2, 0.25) is 0 Å². The molecule has 0 spiro atoms. The average Bonchev–Trinajstić information content (AvgIpc) is 3.04. The number of carbonyl (C=O) groups excluding carboxylic acids is 1. The summed E-state index contributed by atoms with van der Waals surface area (Å²) in [7, 11) is 0. The van der Waals surface area contributed by atoms with Crippen LogP contribution in [0.4, 0.5) is 5.69 Å². The van der Waals surface area contributed by atoms with Crippen molar-refractivity contribution in [2.24, 2.45) is 0 Å². The van der Waals surface area contributed by atoms with E-state index in [-0.39, 0.29) is 17.8 Å². The van der Waals surface area contributed by atoms with Gasteiger partial charge in [-0.05, 0) is 61.6 Å². The van der Waals surface area contributed by atoms with Crippen LogP contribution in [0.1, 0.15) is 17.3 Å². The van der Waals surface area contributed by atoms with Gasteiger partial charge in [-0.15, -0.1) is 0 Å². The molecular weight excluding hydrogens is 328 g/mol. The van der Waals surface area contributed by atoms with E-state index in [0.717, 1.165) is 11.4 Å². The lowest BCUT2D eigenvalue weighted by atomic mass is 10.2. The summed E-state index contributed by atoms with van der Waals surface area (Å²) in [5.74, 6) is 1.63. The van der Waals surface area contributed by atoms with E-state index >= 15 is 0 Å². The van der Waals surface area contributed by atoms with Crippen molar-refractivity contribution in [3.63, 3.8) is 0 Å². The van der Waals surface area contributed by atoms with Crippen molar-refractivity contribution in [3.05, 3.63) is 48.0 Å². The van der Waals surface area contributed by atoms with Crippen LogP contribution in [0.15, 0.2) is 42.5 Å². The van der Waals surface area contributed by atoms with E-state index in [9.17, 15) is 4.79 Å². The minimum Gasteiger partial charge on any atom is -0.494 e. The van der Waals surface area contributed by atoms with Gasteiger partial charge in [0.2, 0.25) is 6.79 Å². The van der Waals surface area contributed by atoms with Crippen LogP contribution in [0, 0.1) is 0 Å². The molecule has 1 aliphatic rings. The van der Waals surface area contributed by atoms with Crippen LogP contribution in [0.3, 0.4) is 0 Å². The number of benzene rings is 2. The van der Waals surface area contributed by atoms with E-state index in [1.54, 1.807) is 18.2 Å². The molecule has 1 heterocycles. The number of anilines is 1. The third kappa shape index (κ3) is 3.75. The summed E-state index contributed by atoms with van der Waals surface area (Å²) in [6.45, 7) is 2.70. The molecule has 0 atom stereocenters. The lowest BCUT2D eigenvalue weighted by Gasteiger charge is -2.10. The molecule has 2 aromatic rings. The Labute approximate surface area is 144 Å². The maximum absolute atomic E-state index is 12.2. The molecule has 3 rings (SSSR count). The van der Waals surface area contributed by atoms with Gasteiger partial charge in [0.1, 0.15) is 5.75 Å². The first-order valence-electron chi connectivity index (χ1n) is 7.40. The second-order valence-corrected chi connectivity index (χ2v) is 5.34. The van der Waals surface area contributed by atoms with E-state index in [0.29, 0.717) is 23.7 Å². The van der Waals surface area contributed by atoms with Crippen LogP contribution in [0.5, 0.6) is 17.2 Å². The van der Waals surface area contributed by atoms with E-state index in [2.05, 4.69) is 10.6 Å². The number of fused-ring (bicyclic) bond motifs is 1. The summed E-state index contributed by atoms with van der Waals surface area (Å²) in [6, 6.07) is 12.3. The molecule has 0 radical (unpaired) electrons. The standard InChI is InChI=1S/C17H16N2O4S/c1-2-21-13-6-4-12(5-7-13)18-17(24)19-16(20)11-3-8-14-15(9-11)23-10-22-14/h3-9H,2,10H2,1H3,(H2,18,19,20,24). The number of carbonyl (C=O) groups is 1. The molecule has 2 N–H and O–H groups in total. The Hall–Kier alpha value is -2.80. The second kappa shape index (κ2) is 7.18. The van der Waals surface area contributed by atoms with Crippen LogP contribution in [-0.2, 0) is 0 Å². The van der Waals surface area contributed by atoms with Gasteiger partial charge in [0, 0.05) is 11.3 Å². The molecule has 7 heteroatoms. The zero-order chi connectivity index (χ0) is 16.9. The highest BCUT2D eigenvalue weighted by atomic mass is 32.1. The zero-order valence-electron chi connectivity index (χ0n) is 13.0. The first-order chi connectivity index (χ1) is 11.7. The maximum atomic E-state index is 12.2.